The minimum Gasteiger partial charge on any atom is -0.484 e. The molecule has 2 rings (SSSR count). The van der Waals surface area contributed by atoms with Crippen molar-refractivity contribution in [2.45, 2.75) is 0 Å². The number of benzene rings is 2. The van der Waals surface area contributed by atoms with E-state index in [9.17, 15) is 9.59 Å². The smallest absolute Gasteiger partial charge is 0.350 e. The van der Waals surface area contributed by atoms with E-state index in [0.29, 0.717) is 17.1 Å². The van der Waals surface area contributed by atoms with E-state index in [1.807, 2.05) is 18.2 Å². The summed E-state index contributed by atoms with van der Waals surface area (Å²) in [5, 5.41) is 14.4. The second-order valence-corrected chi connectivity index (χ2v) is 5.04. The molecular weight excluding hydrogens is 334 g/mol. The first-order valence-corrected chi connectivity index (χ1v) is 7.65. The van der Waals surface area contributed by atoms with Crippen molar-refractivity contribution in [1.82, 2.24) is 0 Å². The van der Waals surface area contributed by atoms with Crippen molar-refractivity contribution >= 4 is 23.3 Å². The van der Waals surface area contributed by atoms with Crippen LogP contribution in [-0.2, 0) is 14.3 Å². The van der Waals surface area contributed by atoms with Crippen molar-refractivity contribution in [3.63, 3.8) is 0 Å². The summed E-state index contributed by atoms with van der Waals surface area (Å²) in [6.07, 6.45) is 1.24. The van der Waals surface area contributed by atoms with Crippen LogP contribution in [-0.4, -0.2) is 25.6 Å². The zero-order valence-corrected chi connectivity index (χ0v) is 14.1. The van der Waals surface area contributed by atoms with Gasteiger partial charge in [0, 0.05) is 17.6 Å². The van der Waals surface area contributed by atoms with E-state index in [4.69, 9.17) is 10.00 Å². The van der Waals surface area contributed by atoms with Crippen LogP contribution >= 0.6 is 0 Å². The molecule has 2 N–H and O–H groups in total. The highest BCUT2D eigenvalue weighted by molar-refractivity contribution is 5.93. The van der Waals surface area contributed by atoms with Gasteiger partial charge in [-0.1, -0.05) is 24.3 Å². The zero-order chi connectivity index (χ0) is 18.8. The maximum Gasteiger partial charge on any atom is 0.350 e. The van der Waals surface area contributed by atoms with E-state index in [1.54, 1.807) is 42.5 Å². The number of para-hydroxylation sites is 1. The predicted octanol–water partition coefficient (Wildman–Crippen LogP) is 2.70. The molecule has 0 bridgehead atoms. The van der Waals surface area contributed by atoms with Crippen molar-refractivity contribution in [1.29, 1.82) is 5.26 Å². The van der Waals surface area contributed by atoms with Crippen LogP contribution in [0.15, 0.2) is 66.4 Å². The normalized spacial score (nSPS) is 10.4. The summed E-state index contributed by atoms with van der Waals surface area (Å²) < 4.78 is 9.87. The highest BCUT2D eigenvalue weighted by atomic mass is 16.5. The molecule has 7 heteroatoms. The van der Waals surface area contributed by atoms with Gasteiger partial charge >= 0.3 is 5.97 Å². The average Bonchev–Trinajstić information content (AvgIpc) is 2.67. The van der Waals surface area contributed by atoms with Gasteiger partial charge < -0.3 is 20.1 Å². The molecule has 0 saturated carbocycles. The average molecular weight is 351 g/mol. The molecule has 7 nitrogen and oxygen atoms in total. The number of anilines is 2. The van der Waals surface area contributed by atoms with Crippen LogP contribution in [0.3, 0.4) is 0 Å². The van der Waals surface area contributed by atoms with Crippen LogP contribution < -0.4 is 15.4 Å². The van der Waals surface area contributed by atoms with E-state index in [1.165, 1.54) is 13.3 Å². The number of nitriles is 1. The van der Waals surface area contributed by atoms with Gasteiger partial charge in [0.05, 0.1) is 7.11 Å². The van der Waals surface area contributed by atoms with E-state index in [-0.39, 0.29) is 18.1 Å². The number of hydrogen-bond donors (Lipinski definition) is 2. The first kappa shape index (κ1) is 18.5. The third-order valence-electron chi connectivity index (χ3n) is 3.17. The van der Waals surface area contributed by atoms with Crippen LogP contribution in [0.25, 0.3) is 0 Å². The summed E-state index contributed by atoms with van der Waals surface area (Å²) >= 11 is 0. The van der Waals surface area contributed by atoms with Gasteiger partial charge in [-0.3, -0.25) is 4.79 Å². The molecule has 1 amide bonds. The number of nitrogens with one attached hydrogen (secondary N) is 2. The van der Waals surface area contributed by atoms with E-state index in [2.05, 4.69) is 15.4 Å². The highest BCUT2D eigenvalue weighted by Gasteiger charge is 2.08. The summed E-state index contributed by atoms with van der Waals surface area (Å²) in [4.78, 5) is 23.3. The van der Waals surface area contributed by atoms with E-state index in [0.717, 1.165) is 0 Å². The van der Waals surface area contributed by atoms with Crippen molar-refractivity contribution in [3.05, 3.63) is 66.4 Å². The monoisotopic (exact) mass is 351 g/mol. The lowest BCUT2D eigenvalue weighted by atomic mass is 10.2. The lowest BCUT2D eigenvalue weighted by Gasteiger charge is -2.09. The van der Waals surface area contributed by atoms with Crippen LogP contribution in [0.1, 0.15) is 0 Å². The molecule has 0 fully saturated rings. The number of methoxy groups -OCH3 is 1. The van der Waals surface area contributed by atoms with Crippen molar-refractivity contribution < 1.29 is 19.1 Å². The lowest BCUT2D eigenvalue weighted by Crippen LogP contribution is -2.20. The standard InChI is InChI=1S/C19H17N3O4/c1-25-19(24)14(11-20)12-21-15-6-5-7-16(10-15)22-18(23)13-26-17-8-3-2-4-9-17/h2-10,12,21H,13H2,1H3,(H,22,23)/b14-12+. The second kappa shape index (κ2) is 9.49. The van der Waals surface area contributed by atoms with Gasteiger partial charge in [0.25, 0.3) is 5.91 Å². The van der Waals surface area contributed by atoms with Gasteiger partial charge in [-0.05, 0) is 30.3 Å². The number of amides is 1. The fraction of sp³-hybridized carbons (Fsp3) is 0.105. The topological polar surface area (TPSA) is 100 Å². The number of rotatable bonds is 7. The predicted molar refractivity (Wildman–Crippen MR) is 96.3 cm³/mol. The molecule has 0 aliphatic rings. The molecule has 0 saturated heterocycles. The Morgan fingerprint density at radius 1 is 1.12 bits per heavy atom. The third kappa shape index (κ3) is 5.69. The van der Waals surface area contributed by atoms with Gasteiger partial charge in [0.2, 0.25) is 0 Å². The number of hydrogen-bond acceptors (Lipinski definition) is 6. The Bertz CT molecular complexity index is 841. The van der Waals surface area contributed by atoms with Gasteiger partial charge in [0.1, 0.15) is 11.8 Å². The molecule has 0 unspecified atom stereocenters. The minimum absolute atomic E-state index is 0.123. The summed E-state index contributed by atoms with van der Waals surface area (Å²) in [5.74, 6) is -0.439. The Kier molecular flexibility index (Phi) is 6.77. The minimum atomic E-state index is -0.734. The summed E-state index contributed by atoms with van der Waals surface area (Å²) in [6, 6.07) is 17.6. The number of carbonyl (C=O) groups excluding carboxylic acids is 2. The van der Waals surface area contributed by atoms with Gasteiger partial charge in [-0.2, -0.15) is 5.26 Å². The molecule has 0 heterocycles. The molecule has 26 heavy (non-hydrogen) atoms. The molecule has 0 spiro atoms. The van der Waals surface area contributed by atoms with Crippen molar-refractivity contribution in [2.24, 2.45) is 0 Å². The Hall–Kier alpha value is -3.79. The molecule has 0 aromatic heterocycles. The fourth-order valence-electron chi connectivity index (χ4n) is 1.95. The number of nitrogens with zero attached hydrogens (tertiary/aromatic N) is 1. The summed E-state index contributed by atoms with van der Waals surface area (Å²) in [7, 11) is 1.20. The van der Waals surface area contributed by atoms with Gasteiger partial charge in [0.15, 0.2) is 12.2 Å². The molecular formula is C19H17N3O4. The molecule has 0 radical (unpaired) electrons. The largest absolute Gasteiger partial charge is 0.484 e. The van der Waals surface area contributed by atoms with E-state index >= 15 is 0 Å². The molecule has 2 aromatic carbocycles. The Morgan fingerprint density at radius 2 is 1.85 bits per heavy atom. The quantitative estimate of drug-likeness (QED) is 0.452. The van der Waals surface area contributed by atoms with E-state index < -0.39 is 5.97 Å². The lowest BCUT2D eigenvalue weighted by molar-refractivity contribution is -0.135. The second-order valence-electron chi connectivity index (χ2n) is 5.04. The first-order chi connectivity index (χ1) is 12.6. The Morgan fingerprint density at radius 3 is 2.54 bits per heavy atom. The number of esters is 1. The van der Waals surface area contributed by atoms with Crippen LogP contribution in [0, 0.1) is 11.3 Å². The molecule has 132 valence electrons. The molecule has 0 atom stereocenters. The summed E-state index contributed by atoms with van der Waals surface area (Å²) in [5.41, 5.74) is 0.961. The van der Waals surface area contributed by atoms with Crippen LogP contribution in [0.2, 0.25) is 0 Å². The fourth-order valence-corrected chi connectivity index (χ4v) is 1.95. The van der Waals surface area contributed by atoms with Gasteiger partial charge in [-0.15, -0.1) is 0 Å². The maximum absolute atomic E-state index is 12.0. The van der Waals surface area contributed by atoms with Crippen molar-refractivity contribution in [2.75, 3.05) is 24.4 Å². The van der Waals surface area contributed by atoms with Crippen LogP contribution in [0.4, 0.5) is 11.4 Å². The van der Waals surface area contributed by atoms with Gasteiger partial charge in [-0.25, -0.2) is 4.79 Å². The van der Waals surface area contributed by atoms with Crippen LogP contribution in [0.5, 0.6) is 5.75 Å². The Labute approximate surface area is 150 Å². The van der Waals surface area contributed by atoms with Crippen molar-refractivity contribution in [3.8, 4) is 11.8 Å². The number of carbonyl (C=O) groups is 2. The Balaban J connectivity index is 1.94. The zero-order valence-electron chi connectivity index (χ0n) is 14.1. The number of ether oxygens (including phenoxy) is 2. The molecule has 0 aliphatic heterocycles. The highest BCUT2D eigenvalue weighted by Crippen LogP contribution is 2.16. The third-order valence-corrected chi connectivity index (χ3v) is 3.17. The molecule has 2 aromatic rings. The SMILES string of the molecule is COC(=O)/C(C#N)=C/Nc1cccc(NC(=O)COc2ccccc2)c1. The molecule has 0 aliphatic carbocycles. The maximum atomic E-state index is 12.0. The first-order valence-electron chi connectivity index (χ1n) is 7.65. The summed E-state index contributed by atoms with van der Waals surface area (Å²) in [6.45, 7) is -0.123.